The molecular formula is C22H28N4O3. The van der Waals surface area contributed by atoms with E-state index < -0.39 is 0 Å². The molecule has 0 aliphatic rings. The van der Waals surface area contributed by atoms with Crippen molar-refractivity contribution in [2.24, 2.45) is 0 Å². The molecule has 7 heteroatoms. The number of benzene rings is 1. The van der Waals surface area contributed by atoms with Gasteiger partial charge in [0.1, 0.15) is 0 Å². The van der Waals surface area contributed by atoms with E-state index in [0.717, 1.165) is 33.9 Å². The van der Waals surface area contributed by atoms with Gasteiger partial charge in [-0.1, -0.05) is 6.07 Å². The second kappa shape index (κ2) is 8.51. The lowest BCUT2D eigenvalue weighted by Gasteiger charge is -2.19. The molecule has 0 saturated heterocycles. The van der Waals surface area contributed by atoms with Gasteiger partial charge in [0.2, 0.25) is 5.91 Å². The van der Waals surface area contributed by atoms with E-state index in [1.165, 1.54) is 0 Å². The molecule has 2 heterocycles. The van der Waals surface area contributed by atoms with Crippen molar-refractivity contribution in [3.63, 3.8) is 0 Å². The van der Waals surface area contributed by atoms with Crippen LogP contribution in [0.2, 0.25) is 0 Å². The minimum atomic E-state index is 0.0790. The van der Waals surface area contributed by atoms with Crippen molar-refractivity contribution in [3.05, 3.63) is 52.5 Å². The van der Waals surface area contributed by atoms with E-state index in [1.54, 1.807) is 19.1 Å². The van der Waals surface area contributed by atoms with Crippen molar-refractivity contribution >= 4 is 11.6 Å². The zero-order chi connectivity index (χ0) is 21.1. The molecule has 0 aliphatic heterocycles. The van der Waals surface area contributed by atoms with Crippen LogP contribution >= 0.6 is 0 Å². The first-order valence-electron chi connectivity index (χ1n) is 9.61. The molecular weight excluding hydrogens is 368 g/mol. The van der Waals surface area contributed by atoms with Gasteiger partial charge in [-0.3, -0.25) is 4.79 Å². The Bertz CT molecular complexity index is 1040. The van der Waals surface area contributed by atoms with Crippen molar-refractivity contribution in [3.8, 4) is 11.5 Å². The molecule has 3 aromatic rings. The van der Waals surface area contributed by atoms with Crippen molar-refractivity contribution in [1.29, 1.82) is 0 Å². The minimum Gasteiger partial charge on any atom is -0.493 e. The lowest BCUT2D eigenvalue weighted by atomic mass is 10.1. The van der Waals surface area contributed by atoms with Crippen LogP contribution < -0.4 is 9.47 Å². The third-order valence-corrected chi connectivity index (χ3v) is 5.17. The van der Waals surface area contributed by atoms with Crippen LogP contribution in [0.3, 0.4) is 0 Å². The predicted molar refractivity (Wildman–Crippen MR) is 112 cm³/mol. The van der Waals surface area contributed by atoms with Gasteiger partial charge >= 0.3 is 0 Å². The highest BCUT2D eigenvalue weighted by Gasteiger charge is 2.15. The van der Waals surface area contributed by atoms with Gasteiger partial charge in [0.25, 0.3) is 0 Å². The average molecular weight is 396 g/mol. The Hall–Kier alpha value is -3.09. The highest BCUT2D eigenvalue weighted by atomic mass is 16.5. The zero-order valence-electron chi connectivity index (χ0n) is 17.9. The molecule has 29 heavy (non-hydrogen) atoms. The van der Waals surface area contributed by atoms with Crippen molar-refractivity contribution in [1.82, 2.24) is 19.5 Å². The molecule has 0 atom stereocenters. The summed E-state index contributed by atoms with van der Waals surface area (Å²) in [4.78, 5) is 19.1. The van der Waals surface area contributed by atoms with Gasteiger partial charge in [0, 0.05) is 37.5 Å². The molecule has 1 aromatic carbocycles. The smallest absolute Gasteiger partial charge is 0.222 e. The number of carbonyl (C=O) groups is 1. The third-order valence-electron chi connectivity index (χ3n) is 5.17. The standard InChI is InChI=1S/C22H28N4O3/c1-14-11-21-23-15(2)18(16(3)26(21)24-14)8-10-22(27)25(4)13-17-7-9-19(28-5)20(12-17)29-6/h7,9,11-12H,8,10,13H2,1-6H3. The molecule has 0 fully saturated rings. The minimum absolute atomic E-state index is 0.0790. The fourth-order valence-corrected chi connectivity index (χ4v) is 3.57. The van der Waals surface area contributed by atoms with Gasteiger partial charge in [0.05, 0.1) is 19.9 Å². The van der Waals surface area contributed by atoms with Crippen LogP contribution in [-0.2, 0) is 17.8 Å². The number of nitrogens with zero attached hydrogens (tertiary/aromatic N) is 4. The second-order valence-electron chi connectivity index (χ2n) is 7.26. The van der Waals surface area contributed by atoms with Crippen molar-refractivity contribution in [2.75, 3.05) is 21.3 Å². The summed E-state index contributed by atoms with van der Waals surface area (Å²) >= 11 is 0. The summed E-state index contributed by atoms with van der Waals surface area (Å²) < 4.78 is 12.5. The first-order chi connectivity index (χ1) is 13.8. The number of rotatable bonds is 7. The summed E-state index contributed by atoms with van der Waals surface area (Å²) in [5.74, 6) is 1.41. The van der Waals surface area contributed by atoms with Crippen LogP contribution in [-0.4, -0.2) is 46.7 Å². The number of hydrogen-bond donors (Lipinski definition) is 0. The Morgan fingerprint density at radius 3 is 2.52 bits per heavy atom. The van der Waals surface area contributed by atoms with Crippen LogP contribution in [0.25, 0.3) is 5.65 Å². The van der Waals surface area contributed by atoms with E-state index in [1.807, 2.05) is 56.6 Å². The number of methoxy groups -OCH3 is 2. The number of aromatic nitrogens is 3. The predicted octanol–water partition coefficient (Wildman–Crippen LogP) is 3.26. The van der Waals surface area contributed by atoms with E-state index in [2.05, 4.69) is 10.1 Å². The maximum Gasteiger partial charge on any atom is 0.222 e. The fourth-order valence-electron chi connectivity index (χ4n) is 3.57. The highest BCUT2D eigenvalue weighted by molar-refractivity contribution is 5.76. The molecule has 0 bridgehead atoms. The molecule has 0 radical (unpaired) electrons. The molecule has 0 spiro atoms. The van der Waals surface area contributed by atoms with Gasteiger partial charge in [0.15, 0.2) is 17.1 Å². The Morgan fingerprint density at radius 1 is 1.10 bits per heavy atom. The molecule has 1 amide bonds. The van der Waals surface area contributed by atoms with E-state index in [0.29, 0.717) is 30.9 Å². The molecule has 7 nitrogen and oxygen atoms in total. The summed E-state index contributed by atoms with van der Waals surface area (Å²) in [5.41, 5.74) is 5.83. The van der Waals surface area contributed by atoms with Crippen molar-refractivity contribution in [2.45, 2.75) is 40.2 Å². The van der Waals surface area contributed by atoms with Gasteiger partial charge in [-0.05, 0) is 50.5 Å². The number of amides is 1. The molecule has 154 valence electrons. The van der Waals surface area contributed by atoms with E-state index in [9.17, 15) is 4.79 Å². The van der Waals surface area contributed by atoms with E-state index in [4.69, 9.17) is 9.47 Å². The summed E-state index contributed by atoms with van der Waals surface area (Å²) in [6.07, 6.45) is 1.05. The second-order valence-corrected chi connectivity index (χ2v) is 7.26. The quantitative estimate of drug-likeness (QED) is 0.613. The monoisotopic (exact) mass is 396 g/mol. The molecule has 2 aromatic heterocycles. The highest BCUT2D eigenvalue weighted by Crippen LogP contribution is 2.28. The molecule has 0 saturated carbocycles. The topological polar surface area (TPSA) is 69.0 Å². The molecule has 0 unspecified atom stereocenters. The first-order valence-corrected chi connectivity index (χ1v) is 9.61. The lowest BCUT2D eigenvalue weighted by Crippen LogP contribution is -2.26. The number of fused-ring (bicyclic) bond motifs is 1. The van der Waals surface area contributed by atoms with Crippen LogP contribution in [0.5, 0.6) is 11.5 Å². The van der Waals surface area contributed by atoms with Crippen molar-refractivity contribution < 1.29 is 14.3 Å². The van der Waals surface area contributed by atoms with Gasteiger partial charge in [-0.25, -0.2) is 9.50 Å². The van der Waals surface area contributed by atoms with Gasteiger partial charge in [-0.15, -0.1) is 0 Å². The Kier molecular flexibility index (Phi) is 6.06. The van der Waals surface area contributed by atoms with Gasteiger partial charge in [-0.2, -0.15) is 5.10 Å². The number of ether oxygens (including phenoxy) is 2. The van der Waals surface area contributed by atoms with Crippen LogP contribution in [0.4, 0.5) is 0 Å². The maximum atomic E-state index is 12.7. The SMILES string of the molecule is COc1ccc(CN(C)C(=O)CCc2c(C)nc3cc(C)nn3c2C)cc1OC. The number of hydrogen-bond acceptors (Lipinski definition) is 5. The van der Waals surface area contributed by atoms with Crippen LogP contribution in [0, 0.1) is 20.8 Å². The summed E-state index contributed by atoms with van der Waals surface area (Å²) in [6, 6.07) is 7.66. The first kappa shape index (κ1) is 20.6. The molecule has 0 aliphatic carbocycles. The summed E-state index contributed by atoms with van der Waals surface area (Å²) in [7, 11) is 5.03. The average Bonchev–Trinajstić information content (AvgIpc) is 3.07. The summed E-state index contributed by atoms with van der Waals surface area (Å²) in [6.45, 7) is 6.48. The Labute approximate surface area is 171 Å². The lowest BCUT2D eigenvalue weighted by molar-refractivity contribution is -0.130. The Morgan fingerprint density at radius 2 is 1.83 bits per heavy atom. The zero-order valence-corrected chi connectivity index (χ0v) is 17.9. The van der Waals surface area contributed by atoms with Gasteiger partial charge < -0.3 is 14.4 Å². The fraction of sp³-hybridized carbons (Fsp3) is 0.409. The van der Waals surface area contributed by atoms with E-state index in [-0.39, 0.29) is 5.91 Å². The Balaban J connectivity index is 1.68. The molecule has 0 N–H and O–H groups in total. The largest absolute Gasteiger partial charge is 0.493 e. The maximum absolute atomic E-state index is 12.7. The number of carbonyl (C=O) groups excluding carboxylic acids is 1. The van der Waals surface area contributed by atoms with Crippen LogP contribution in [0.1, 0.15) is 34.6 Å². The third kappa shape index (κ3) is 4.34. The normalized spacial score (nSPS) is 11.0. The van der Waals surface area contributed by atoms with Crippen LogP contribution in [0.15, 0.2) is 24.3 Å². The van der Waals surface area contributed by atoms with E-state index >= 15 is 0 Å². The summed E-state index contributed by atoms with van der Waals surface area (Å²) in [5, 5.41) is 4.50. The number of aryl methyl sites for hydroxylation is 3. The molecule has 3 rings (SSSR count).